The molecular weight excluding hydrogens is 304 g/mol. The number of benzene rings is 1. The number of hydrogen-bond acceptors (Lipinski definition) is 5. The van der Waals surface area contributed by atoms with Gasteiger partial charge in [0.25, 0.3) is 0 Å². The lowest BCUT2D eigenvalue weighted by molar-refractivity contribution is 0.437. The van der Waals surface area contributed by atoms with Gasteiger partial charge in [0.1, 0.15) is 0 Å². The van der Waals surface area contributed by atoms with Gasteiger partial charge >= 0.3 is 0 Å². The van der Waals surface area contributed by atoms with Crippen molar-refractivity contribution in [2.75, 3.05) is 26.4 Å². The summed E-state index contributed by atoms with van der Waals surface area (Å²) in [5, 5.41) is 0. The molecule has 0 saturated carbocycles. The highest BCUT2D eigenvalue weighted by Crippen LogP contribution is 2.34. The monoisotopic (exact) mass is 324 g/mol. The Morgan fingerprint density at radius 2 is 1.75 bits per heavy atom. The molecule has 20 heavy (non-hydrogen) atoms. The molecule has 2 N–H and O–H groups in total. The van der Waals surface area contributed by atoms with Gasteiger partial charge < -0.3 is 10.6 Å². The van der Waals surface area contributed by atoms with Crippen molar-refractivity contribution in [1.82, 2.24) is 4.90 Å². The van der Waals surface area contributed by atoms with E-state index in [4.69, 9.17) is 5.73 Å². The second kappa shape index (κ2) is 8.10. The van der Waals surface area contributed by atoms with Crippen LogP contribution in [0, 0.1) is 0 Å². The molecule has 0 aliphatic carbocycles. The van der Waals surface area contributed by atoms with E-state index in [1.165, 1.54) is 18.9 Å². The van der Waals surface area contributed by atoms with E-state index in [-0.39, 0.29) is 0 Å². The Morgan fingerprint density at radius 1 is 1.05 bits per heavy atom. The van der Waals surface area contributed by atoms with Crippen LogP contribution in [-0.2, 0) is 6.54 Å². The van der Waals surface area contributed by atoms with Crippen molar-refractivity contribution < 1.29 is 0 Å². The van der Waals surface area contributed by atoms with Gasteiger partial charge in [-0.25, -0.2) is 0 Å². The summed E-state index contributed by atoms with van der Waals surface area (Å²) in [6, 6.07) is 13.1. The van der Waals surface area contributed by atoms with Gasteiger partial charge in [0.15, 0.2) is 0 Å². The quantitative estimate of drug-likeness (QED) is 0.779. The Kier molecular flexibility index (Phi) is 6.45. The molecule has 1 aromatic heterocycles. The first-order chi connectivity index (χ1) is 9.67. The fourth-order valence-electron chi connectivity index (χ4n) is 1.59. The number of nitrogens with two attached hydrogens (primary N) is 1. The molecule has 0 amide bonds. The van der Waals surface area contributed by atoms with Crippen molar-refractivity contribution in [3.63, 3.8) is 0 Å². The molecule has 1 heterocycles. The molecule has 5 heteroatoms. The molecule has 0 saturated heterocycles. The van der Waals surface area contributed by atoms with E-state index in [1.54, 1.807) is 23.1 Å². The summed E-state index contributed by atoms with van der Waals surface area (Å²) < 4.78 is 1.30. The van der Waals surface area contributed by atoms with E-state index in [1.807, 2.05) is 11.8 Å². The highest BCUT2D eigenvalue weighted by atomic mass is 32.2. The van der Waals surface area contributed by atoms with Crippen LogP contribution in [0.1, 0.15) is 4.88 Å². The Morgan fingerprint density at radius 3 is 2.35 bits per heavy atom. The molecule has 2 rings (SSSR count). The topological polar surface area (TPSA) is 29.3 Å². The predicted molar refractivity (Wildman–Crippen MR) is 92.1 cm³/mol. The van der Waals surface area contributed by atoms with Gasteiger partial charge in [0.2, 0.25) is 0 Å². The molecule has 0 aliphatic rings. The Bertz CT molecular complexity index is 520. The molecule has 1 aromatic carbocycles. The van der Waals surface area contributed by atoms with Crippen molar-refractivity contribution >= 4 is 34.9 Å². The number of thiophene rings is 1. The lowest BCUT2D eigenvalue weighted by Gasteiger charge is -2.08. The summed E-state index contributed by atoms with van der Waals surface area (Å²) in [7, 11) is 4.22. The minimum Gasteiger partial charge on any atom is -0.326 e. The van der Waals surface area contributed by atoms with Crippen LogP contribution >= 0.6 is 34.9 Å². The zero-order valence-corrected chi connectivity index (χ0v) is 14.3. The zero-order chi connectivity index (χ0) is 14.4. The number of hydrogen-bond donors (Lipinski definition) is 1. The molecular formula is C15H20N2S3. The van der Waals surface area contributed by atoms with Gasteiger partial charge in [-0.2, -0.15) is 0 Å². The van der Waals surface area contributed by atoms with Crippen LogP contribution in [0.25, 0.3) is 0 Å². The molecule has 0 spiro atoms. The molecule has 0 fully saturated rings. The number of nitrogens with zero attached hydrogens (tertiary/aromatic N) is 1. The third kappa shape index (κ3) is 5.14. The summed E-state index contributed by atoms with van der Waals surface area (Å²) >= 11 is 5.49. The summed E-state index contributed by atoms with van der Waals surface area (Å²) in [5.41, 5.74) is 5.64. The molecule has 0 unspecified atom stereocenters. The zero-order valence-electron chi connectivity index (χ0n) is 11.8. The van der Waals surface area contributed by atoms with E-state index in [2.05, 4.69) is 55.4 Å². The third-order valence-corrected chi connectivity index (χ3v) is 5.93. The van der Waals surface area contributed by atoms with Gasteiger partial charge in [-0.1, -0.05) is 11.8 Å². The number of thioether (sulfide) groups is 1. The maximum Gasteiger partial charge on any atom is 0.0649 e. The van der Waals surface area contributed by atoms with Crippen LogP contribution in [-0.4, -0.2) is 31.3 Å². The predicted octanol–water partition coefficient (Wildman–Crippen LogP) is 4.01. The molecule has 0 aliphatic heterocycles. The average molecular weight is 325 g/mol. The first-order valence-corrected chi connectivity index (χ1v) is 9.13. The van der Waals surface area contributed by atoms with Crippen molar-refractivity contribution in [3.8, 4) is 0 Å². The Balaban J connectivity index is 1.87. The fourth-order valence-corrected chi connectivity index (χ4v) is 4.64. The normalized spacial score (nSPS) is 11.2. The SMILES string of the molecule is CN(C)CCSc1ccc(Sc2ccc(CN)s2)cc1. The summed E-state index contributed by atoms with van der Waals surface area (Å²) in [6.07, 6.45) is 0. The van der Waals surface area contributed by atoms with E-state index >= 15 is 0 Å². The summed E-state index contributed by atoms with van der Waals surface area (Å²) in [5.74, 6) is 1.13. The second-order valence-electron chi connectivity index (χ2n) is 4.65. The summed E-state index contributed by atoms with van der Waals surface area (Å²) in [6.45, 7) is 1.74. The molecule has 0 radical (unpaired) electrons. The number of rotatable bonds is 7. The van der Waals surface area contributed by atoms with Gasteiger partial charge in [-0.3, -0.25) is 0 Å². The van der Waals surface area contributed by atoms with Crippen LogP contribution in [0.3, 0.4) is 0 Å². The van der Waals surface area contributed by atoms with Crippen LogP contribution in [0.2, 0.25) is 0 Å². The summed E-state index contributed by atoms with van der Waals surface area (Å²) in [4.78, 5) is 6.07. The van der Waals surface area contributed by atoms with Gasteiger partial charge in [0, 0.05) is 33.5 Å². The van der Waals surface area contributed by atoms with Crippen molar-refractivity contribution in [3.05, 3.63) is 41.3 Å². The van der Waals surface area contributed by atoms with E-state index in [0.29, 0.717) is 6.54 Å². The van der Waals surface area contributed by atoms with Crippen molar-refractivity contribution in [2.24, 2.45) is 5.73 Å². The smallest absolute Gasteiger partial charge is 0.0649 e. The first-order valence-electron chi connectivity index (χ1n) is 6.51. The maximum absolute atomic E-state index is 5.64. The van der Waals surface area contributed by atoms with Gasteiger partial charge in [0.05, 0.1) is 4.21 Å². The minimum absolute atomic E-state index is 0.632. The van der Waals surface area contributed by atoms with E-state index in [0.717, 1.165) is 12.3 Å². The van der Waals surface area contributed by atoms with Crippen LogP contribution in [0.15, 0.2) is 50.4 Å². The standard InChI is InChI=1S/C15H20N2S3/c1-17(2)9-10-18-12-3-5-13(6-4-12)19-15-8-7-14(11-16)20-15/h3-8H,9-11,16H2,1-2H3. The fraction of sp³-hybridized carbons (Fsp3) is 0.333. The van der Waals surface area contributed by atoms with Gasteiger partial charge in [-0.05, 0) is 50.5 Å². The molecule has 2 aromatic rings. The largest absolute Gasteiger partial charge is 0.326 e. The first kappa shape index (κ1) is 15.9. The Hall–Kier alpha value is -0.460. The third-order valence-electron chi connectivity index (χ3n) is 2.69. The molecule has 0 atom stereocenters. The minimum atomic E-state index is 0.632. The average Bonchev–Trinajstić information content (AvgIpc) is 2.88. The van der Waals surface area contributed by atoms with Gasteiger partial charge in [-0.15, -0.1) is 23.1 Å². The molecule has 2 nitrogen and oxygen atoms in total. The van der Waals surface area contributed by atoms with Crippen molar-refractivity contribution in [1.29, 1.82) is 0 Å². The molecule has 0 bridgehead atoms. The second-order valence-corrected chi connectivity index (χ2v) is 8.36. The molecule has 108 valence electrons. The highest BCUT2D eigenvalue weighted by molar-refractivity contribution is 8.01. The van der Waals surface area contributed by atoms with Crippen LogP contribution in [0.5, 0.6) is 0 Å². The van der Waals surface area contributed by atoms with Crippen LogP contribution < -0.4 is 5.73 Å². The van der Waals surface area contributed by atoms with E-state index < -0.39 is 0 Å². The van der Waals surface area contributed by atoms with Crippen molar-refractivity contribution in [2.45, 2.75) is 20.5 Å². The maximum atomic E-state index is 5.64. The van der Waals surface area contributed by atoms with Crippen LogP contribution in [0.4, 0.5) is 0 Å². The van der Waals surface area contributed by atoms with E-state index in [9.17, 15) is 0 Å². The highest BCUT2D eigenvalue weighted by Gasteiger charge is 2.02. The lowest BCUT2D eigenvalue weighted by atomic mass is 10.4. The Labute approximate surface area is 133 Å². The lowest BCUT2D eigenvalue weighted by Crippen LogP contribution is -2.14.